The molecule has 0 saturated carbocycles. The first-order valence-electron chi connectivity index (χ1n) is 8.83. The molecule has 5 heteroatoms. The molecule has 24 heavy (non-hydrogen) atoms. The third kappa shape index (κ3) is 3.96. The van der Waals surface area contributed by atoms with E-state index in [1.807, 2.05) is 41.0 Å². The number of rotatable bonds is 3. The topological polar surface area (TPSA) is 60.9 Å². The highest BCUT2D eigenvalue weighted by Crippen LogP contribution is 2.23. The normalized spacial score (nSPS) is 25.0. The number of likely N-dealkylation sites (tertiary alicyclic amines) is 2. The molecule has 1 atom stereocenters. The monoisotopic (exact) mass is 330 g/mol. The second-order valence-corrected chi connectivity index (χ2v) is 7.26. The molecule has 2 aliphatic heterocycles. The van der Waals surface area contributed by atoms with E-state index in [2.05, 4.69) is 0 Å². The maximum absolute atomic E-state index is 12.8. The summed E-state index contributed by atoms with van der Waals surface area (Å²) >= 11 is 0. The van der Waals surface area contributed by atoms with Crippen molar-refractivity contribution in [1.82, 2.24) is 9.80 Å². The van der Waals surface area contributed by atoms with Crippen LogP contribution < -0.4 is 0 Å². The quantitative estimate of drug-likeness (QED) is 0.924. The summed E-state index contributed by atoms with van der Waals surface area (Å²) in [5.41, 5.74) is 0.992. The smallest absolute Gasteiger partial charge is 0.253 e. The number of benzene rings is 1. The summed E-state index contributed by atoms with van der Waals surface area (Å²) in [5.74, 6) is 0.212. The SMILES string of the molecule is CC1(O)CCCN(C(=O)c2cccc(CN3CCCC3=O)c2)CC1. The van der Waals surface area contributed by atoms with Gasteiger partial charge in [0, 0.05) is 38.2 Å². The van der Waals surface area contributed by atoms with Gasteiger partial charge in [0.2, 0.25) is 5.91 Å². The minimum Gasteiger partial charge on any atom is -0.390 e. The van der Waals surface area contributed by atoms with Gasteiger partial charge in [0.05, 0.1) is 5.60 Å². The predicted molar refractivity (Wildman–Crippen MR) is 91.5 cm³/mol. The molecule has 2 heterocycles. The average molecular weight is 330 g/mol. The molecule has 1 unspecified atom stereocenters. The highest BCUT2D eigenvalue weighted by molar-refractivity contribution is 5.94. The predicted octanol–water partition coefficient (Wildman–Crippen LogP) is 2.19. The molecule has 5 nitrogen and oxygen atoms in total. The Bertz CT molecular complexity index is 627. The molecular formula is C19H26N2O3. The van der Waals surface area contributed by atoms with Crippen molar-refractivity contribution < 1.29 is 14.7 Å². The lowest BCUT2D eigenvalue weighted by molar-refractivity contribution is -0.128. The average Bonchev–Trinajstić information content (AvgIpc) is 2.85. The van der Waals surface area contributed by atoms with E-state index in [4.69, 9.17) is 0 Å². The van der Waals surface area contributed by atoms with Crippen LogP contribution in [-0.2, 0) is 11.3 Å². The first-order chi connectivity index (χ1) is 11.4. The van der Waals surface area contributed by atoms with Gasteiger partial charge >= 0.3 is 0 Å². The second kappa shape index (κ2) is 6.93. The van der Waals surface area contributed by atoms with Gasteiger partial charge in [-0.2, -0.15) is 0 Å². The fraction of sp³-hybridized carbons (Fsp3) is 0.579. The molecule has 130 valence electrons. The molecular weight excluding hydrogens is 304 g/mol. The molecule has 3 rings (SSSR count). The first kappa shape index (κ1) is 17.0. The molecule has 1 aromatic rings. The molecule has 0 spiro atoms. The Hall–Kier alpha value is -1.88. The van der Waals surface area contributed by atoms with E-state index in [1.165, 1.54) is 0 Å². The zero-order chi connectivity index (χ0) is 17.2. The zero-order valence-electron chi connectivity index (χ0n) is 14.3. The first-order valence-corrected chi connectivity index (χ1v) is 8.83. The molecule has 0 aromatic heterocycles. The number of hydrogen-bond donors (Lipinski definition) is 1. The van der Waals surface area contributed by atoms with Crippen LogP contribution in [0.15, 0.2) is 24.3 Å². The van der Waals surface area contributed by atoms with Crippen LogP contribution in [0.25, 0.3) is 0 Å². The molecule has 0 aliphatic carbocycles. The van der Waals surface area contributed by atoms with Crippen LogP contribution >= 0.6 is 0 Å². The van der Waals surface area contributed by atoms with Crippen LogP contribution in [0.5, 0.6) is 0 Å². The number of carbonyl (C=O) groups is 2. The Labute approximate surface area is 143 Å². The summed E-state index contributed by atoms with van der Waals surface area (Å²) in [6.45, 7) is 4.49. The lowest BCUT2D eigenvalue weighted by atomic mass is 9.98. The van der Waals surface area contributed by atoms with E-state index < -0.39 is 5.60 Å². The van der Waals surface area contributed by atoms with Crippen molar-refractivity contribution in [2.45, 2.75) is 51.2 Å². The molecule has 1 N–H and O–H groups in total. The Balaban J connectivity index is 1.68. The van der Waals surface area contributed by atoms with Crippen LogP contribution in [0.2, 0.25) is 0 Å². The molecule has 2 aliphatic rings. The van der Waals surface area contributed by atoms with Gasteiger partial charge in [-0.3, -0.25) is 9.59 Å². The Morgan fingerprint density at radius 2 is 2.04 bits per heavy atom. The summed E-state index contributed by atoms with van der Waals surface area (Å²) in [6, 6.07) is 7.59. The highest BCUT2D eigenvalue weighted by atomic mass is 16.3. The summed E-state index contributed by atoms with van der Waals surface area (Å²) < 4.78 is 0. The lowest BCUT2D eigenvalue weighted by Crippen LogP contribution is -2.33. The van der Waals surface area contributed by atoms with Gasteiger partial charge in [0.25, 0.3) is 5.91 Å². The van der Waals surface area contributed by atoms with Crippen LogP contribution in [0.4, 0.5) is 0 Å². The van der Waals surface area contributed by atoms with Gasteiger partial charge in [-0.15, -0.1) is 0 Å². The number of aliphatic hydroxyl groups is 1. The second-order valence-electron chi connectivity index (χ2n) is 7.26. The van der Waals surface area contributed by atoms with E-state index in [-0.39, 0.29) is 11.8 Å². The van der Waals surface area contributed by atoms with Gasteiger partial charge in [-0.05, 0) is 50.3 Å². The van der Waals surface area contributed by atoms with Crippen molar-refractivity contribution in [1.29, 1.82) is 0 Å². The summed E-state index contributed by atoms with van der Waals surface area (Å²) in [6.07, 6.45) is 3.72. The van der Waals surface area contributed by atoms with Crippen molar-refractivity contribution in [2.75, 3.05) is 19.6 Å². The fourth-order valence-electron chi connectivity index (χ4n) is 3.54. The molecule has 0 radical (unpaired) electrons. The molecule has 1 aromatic carbocycles. The maximum atomic E-state index is 12.8. The van der Waals surface area contributed by atoms with Crippen molar-refractivity contribution in [3.63, 3.8) is 0 Å². The third-order valence-electron chi connectivity index (χ3n) is 5.07. The lowest BCUT2D eigenvalue weighted by Gasteiger charge is -2.23. The van der Waals surface area contributed by atoms with Crippen LogP contribution in [0.3, 0.4) is 0 Å². The zero-order valence-corrected chi connectivity index (χ0v) is 14.3. The van der Waals surface area contributed by atoms with Gasteiger partial charge < -0.3 is 14.9 Å². The standard InChI is InChI=1S/C19H26N2O3/c1-19(24)8-4-11-20(12-9-19)18(23)16-6-2-5-15(13-16)14-21-10-3-7-17(21)22/h2,5-6,13,24H,3-4,7-12,14H2,1H3. The van der Waals surface area contributed by atoms with Gasteiger partial charge in [0.1, 0.15) is 0 Å². The van der Waals surface area contributed by atoms with Crippen LogP contribution in [-0.4, -0.2) is 52.0 Å². The summed E-state index contributed by atoms with van der Waals surface area (Å²) in [7, 11) is 0. The van der Waals surface area contributed by atoms with Crippen molar-refractivity contribution in [2.24, 2.45) is 0 Å². The number of amides is 2. The fourth-order valence-corrected chi connectivity index (χ4v) is 3.54. The number of nitrogens with zero attached hydrogens (tertiary/aromatic N) is 2. The van der Waals surface area contributed by atoms with Gasteiger partial charge in [-0.25, -0.2) is 0 Å². The van der Waals surface area contributed by atoms with Crippen LogP contribution in [0.1, 0.15) is 54.9 Å². The van der Waals surface area contributed by atoms with Gasteiger partial charge in [0.15, 0.2) is 0 Å². The van der Waals surface area contributed by atoms with E-state index in [1.54, 1.807) is 0 Å². The number of carbonyl (C=O) groups excluding carboxylic acids is 2. The Morgan fingerprint density at radius 1 is 1.21 bits per heavy atom. The maximum Gasteiger partial charge on any atom is 0.253 e. The largest absolute Gasteiger partial charge is 0.390 e. The van der Waals surface area contributed by atoms with E-state index in [0.717, 1.165) is 31.4 Å². The minimum atomic E-state index is -0.674. The van der Waals surface area contributed by atoms with E-state index in [9.17, 15) is 14.7 Å². The minimum absolute atomic E-state index is 0.0160. The number of hydrogen-bond acceptors (Lipinski definition) is 3. The molecule has 2 fully saturated rings. The Morgan fingerprint density at radius 3 is 2.79 bits per heavy atom. The molecule has 0 bridgehead atoms. The van der Waals surface area contributed by atoms with Crippen molar-refractivity contribution >= 4 is 11.8 Å². The Kier molecular flexibility index (Phi) is 4.90. The molecule has 2 amide bonds. The highest BCUT2D eigenvalue weighted by Gasteiger charge is 2.27. The van der Waals surface area contributed by atoms with Crippen molar-refractivity contribution in [3.05, 3.63) is 35.4 Å². The van der Waals surface area contributed by atoms with Crippen molar-refractivity contribution in [3.8, 4) is 0 Å². The van der Waals surface area contributed by atoms with Crippen LogP contribution in [0, 0.1) is 0 Å². The summed E-state index contributed by atoms with van der Waals surface area (Å²) in [4.78, 5) is 28.2. The molecule has 2 saturated heterocycles. The summed E-state index contributed by atoms with van der Waals surface area (Å²) in [5, 5.41) is 10.2. The van der Waals surface area contributed by atoms with Gasteiger partial charge in [-0.1, -0.05) is 12.1 Å². The van der Waals surface area contributed by atoms with E-state index >= 15 is 0 Å². The van der Waals surface area contributed by atoms with E-state index in [0.29, 0.717) is 38.0 Å². The third-order valence-corrected chi connectivity index (χ3v) is 5.07.